The molecular formula is C30H57O19P. The van der Waals surface area contributed by atoms with Gasteiger partial charge < -0.3 is 93.6 Å². The predicted molar refractivity (Wildman–Crippen MR) is 169 cm³/mol. The molecule has 11 N–H and O–H groups in total. The minimum Gasteiger partial charge on any atom is -0.396 e. The van der Waals surface area contributed by atoms with Crippen molar-refractivity contribution in [1.29, 1.82) is 0 Å². The summed E-state index contributed by atoms with van der Waals surface area (Å²) < 4.78 is 44.3. The van der Waals surface area contributed by atoms with Crippen LogP contribution in [0.4, 0.5) is 0 Å². The van der Waals surface area contributed by atoms with Crippen LogP contribution in [0.3, 0.4) is 0 Å². The summed E-state index contributed by atoms with van der Waals surface area (Å²) in [5.41, 5.74) is 0. The monoisotopic (exact) mass is 752 g/mol. The minimum atomic E-state index is -1.91. The number of hydrogen-bond donors (Lipinski definition) is 11. The van der Waals surface area contributed by atoms with Crippen molar-refractivity contribution in [1.82, 2.24) is 0 Å². The van der Waals surface area contributed by atoms with Gasteiger partial charge in [0.15, 0.2) is 33.5 Å². The molecule has 0 amide bonds. The van der Waals surface area contributed by atoms with E-state index in [4.69, 9.17) is 42.8 Å². The van der Waals surface area contributed by atoms with Gasteiger partial charge in [0.2, 0.25) is 0 Å². The number of unbranched alkanes of at least 4 members (excludes halogenated alkanes) is 3. The first-order valence-electron chi connectivity index (χ1n) is 16.9. The number of hydrogen-bond acceptors (Lipinski definition) is 19. The van der Waals surface area contributed by atoms with E-state index < -0.39 is 107 Å². The van der Waals surface area contributed by atoms with Gasteiger partial charge in [-0.1, -0.05) is 20.8 Å². The summed E-state index contributed by atoms with van der Waals surface area (Å²) in [6.07, 6.45) is -22.0. The highest BCUT2D eigenvalue weighted by molar-refractivity contribution is 7.47. The third-order valence-corrected chi connectivity index (χ3v) is 9.97. The fourth-order valence-corrected chi connectivity index (χ4v) is 5.88. The second-order valence-electron chi connectivity index (χ2n) is 13.6. The van der Waals surface area contributed by atoms with Crippen LogP contribution >= 0.6 is 8.38 Å². The first-order valence-corrected chi connectivity index (χ1v) is 18.1. The van der Waals surface area contributed by atoms with E-state index in [1.165, 1.54) is 0 Å². The van der Waals surface area contributed by atoms with Crippen LogP contribution in [0.5, 0.6) is 0 Å². The van der Waals surface area contributed by atoms with Crippen LogP contribution in [0, 0.1) is 0 Å². The SMILES string of the molecule is CC(C)(C)P(O)OCCCCOCC1OC(OC2OC(OCC3OC(OCCCCCO)C(O)C(O)C3O)C(O)C(O)C2O)C(O)C(O)C1O. The van der Waals surface area contributed by atoms with Gasteiger partial charge in [-0.3, -0.25) is 0 Å². The van der Waals surface area contributed by atoms with Crippen LogP contribution in [0.25, 0.3) is 0 Å². The summed E-state index contributed by atoms with van der Waals surface area (Å²) in [7, 11) is -1.58. The molecule has 3 aliphatic heterocycles. The molecule has 19 nitrogen and oxygen atoms in total. The predicted octanol–water partition coefficient (Wildman–Crippen LogP) is -3.50. The fraction of sp³-hybridized carbons (Fsp3) is 1.00. The van der Waals surface area contributed by atoms with Gasteiger partial charge in [-0.15, -0.1) is 0 Å². The van der Waals surface area contributed by atoms with Crippen molar-refractivity contribution in [2.24, 2.45) is 0 Å². The van der Waals surface area contributed by atoms with Crippen molar-refractivity contribution in [2.75, 3.05) is 39.6 Å². The molecule has 3 aliphatic rings. The van der Waals surface area contributed by atoms with Gasteiger partial charge in [0.1, 0.15) is 67.1 Å². The Kier molecular flexibility index (Phi) is 18.5. The van der Waals surface area contributed by atoms with E-state index in [-0.39, 0.29) is 31.6 Å². The average Bonchev–Trinajstić information content (AvgIpc) is 3.07. The third kappa shape index (κ3) is 12.4. The maximum absolute atomic E-state index is 10.6. The Morgan fingerprint density at radius 2 is 1.00 bits per heavy atom. The lowest BCUT2D eigenvalue weighted by Crippen LogP contribution is -2.64. The fourth-order valence-electron chi connectivity index (χ4n) is 5.19. The quantitative estimate of drug-likeness (QED) is 0.0451. The number of aliphatic hydroxyl groups is 10. The number of ether oxygens (including phenoxy) is 7. The topological polar surface area (TPSA) is 296 Å². The van der Waals surface area contributed by atoms with Crippen LogP contribution in [-0.4, -0.2) is 193 Å². The Hall–Kier alpha value is -0.330. The van der Waals surface area contributed by atoms with Crippen molar-refractivity contribution in [3.63, 3.8) is 0 Å². The molecule has 0 aliphatic carbocycles. The van der Waals surface area contributed by atoms with Gasteiger partial charge in [0.05, 0.1) is 19.8 Å². The molecule has 0 aromatic heterocycles. The zero-order valence-electron chi connectivity index (χ0n) is 28.6. The van der Waals surface area contributed by atoms with Crippen LogP contribution in [0.15, 0.2) is 0 Å². The maximum Gasteiger partial charge on any atom is 0.192 e. The van der Waals surface area contributed by atoms with Crippen LogP contribution < -0.4 is 0 Å². The van der Waals surface area contributed by atoms with E-state index in [0.29, 0.717) is 38.7 Å². The molecule has 50 heavy (non-hydrogen) atoms. The normalized spacial score (nSPS) is 40.6. The summed E-state index contributed by atoms with van der Waals surface area (Å²) in [6.45, 7) is 5.50. The Morgan fingerprint density at radius 3 is 1.60 bits per heavy atom. The molecule has 0 radical (unpaired) electrons. The van der Waals surface area contributed by atoms with Gasteiger partial charge in [0.25, 0.3) is 0 Å². The van der Waals surface area contributed by atoms with Crippen molar-refractivity contribution in [2.45, 2.75) is 150 Å². The standard InChI is InChI=1S/C30H57O19P/c1-30(2,3)50(41)45-12-8-7-10-42-13-15-17(32)20(35)24(39)28(47-15)49-29-25(40)21(36)23(38)27(48-29)44-14-16-18(33)19(34)22(37)26(46-16)43-11-6-4-5-9-31/h15-29,31-41H,4-14H2,1-3H3. The van der Waals surface area contributed by atoms with Gasteiger partial charge in [0, 0.05) is 25.0 Å². The van der Waals surface area contributed by atoms with E-state index in [9.17, 15) is 50.9 Å². The molecule has 0 spiro atoms. The third-order valence-electron chi connectivity index (χ3n) is 8.39. The van der Waals surface area contributed by atoms with E-state index >= 15 is 0 Å². The summed E-state index contributed by atoms with van der Waals surface area (Å²) in [4.78, 5) is 10.0. The van der Waals surface area contributed by atoms with E-state index in [0.717, 1.165) is 0 Å². The maximum atomic E-state index is 10.6. The van der Waals surface area contributed by atoms with Crippen molar-refractivity contribution >= 4 is 8.38 Å². The van der Waals surface area contributed by atoms with Crippen LogP contribution in [0.2, 0.25) is 0 Å². The smallest absolute Gasteiger partial charge is 0.192 e. The van der Waals surface area contributed by atoms with E-state index in [1.807, 2.05) is 20.8 Å². The molecule has 3 rings (SSSR count). The Balaban J connectivity index is 1.52. The zero-order chi connectivity index (χ0) is 37.2. The Bertz CT molecular complexity index is 948. The molecule has 0 bridgehead atoms. The lowest BCUT2D eigenvalue weighted by molar-refractivity contribution is -0.402. The summed E-state index contributed by atoms with van der Waals surface area (Å²) in [5.74, 6) is 0. The number of aliphatic hydroxyl groups excluding tert-OH is 10. The Morgan fingerprint density at radius 1 is 0.520 bits per heavy atom. The minimum absolute atomic E-state index is 0.0119. The lowest BCUT2D eigenvalue weighted by Gasteiger charge is -2.45. The molecule has 20 heteroatoms. The Labute approximate surface area is 292 Å². The molecule has 0 saturated carbocycles. The van der Waals surface area contributed by atoms with Crippen molar-refractivity contribution in [3.05, 3.63) is 0 Å². The highest BCUT2D eigenvalue weighted by Gasteiger charge is 2.51. The molecule has 16 unspecified atom stereocenters. The van der Waals surface area contributed by atoms with Gasteiger partial charge in [-0.25, -0.2) is 0 Å². The first kappa shape index (κ1) is 44.1. The molecule has 16 atom stereocenters. The van der Waals surface area contributed by atoms with Crippen LogP contribution in [0.1, 0.15) is 52.9 Å². The molecule has 0 aromatic carbocycles. The average molecular weight is 753 g/mol. The molecule has 3 saturated heterocycles. The largest absolute Gasteiger partial charge is 0.396 e. The molecule has 0 aromatic rings. The molecule has 296 valence electrons. The van der Waals surface area contributed by atoms with Crippen molar-refractivity contribution < 1.29 is 93.6 Å². The summed E-state index contributed by atoms with van der Waals surface area (Å²) in [5, 5.41) is 103. The lowest BCUT2D eigenvalue weighted by atomic mass is 9.99. The second kappa shape index (κ2) is 20.9. The molecular weight excluding hydrogens is 695 g/mol. The second-order valence-corrected chi connectivity index (χ2v) is 15.7. The first-order chi connectivity index (χ1) is 23.6. The molecule has 3 fully saturated rings. The van der Waals surface area contributed by atoms with Gasteiger partial charge in [-0.2, -0.15) is 0 Å². The molecule has 3 heterocycles. The van der Waals surface area contributed by atoms with Gasteiger partial charge in [-0.05, 0) is 32.1 Å². The van der Waals surface area contributed by atoms with Crippen LogP contribution in [-0.2, 0) is 37.7 Å². The summed E-state index contributed by atoms with van der Waals surface area (Å²) in [6, 6.07) is 0. The van der Waals surface area contributed by atoms with E-state index in [2.05, 4.69) is 0 Å². The zero-order valence-corrected chi connectivity index (χ0v) is 29.5. The van der Waals surface area contributed by atoms with Gasteiger partial charge >= 0.3 is 0 Å². The number of rotatable bonds is 19. The highest BCUT2D eigenvalue weighted by atomic mass is 31.2. The van der Waals surface area contributed by atoms with E-state index in [1.54, 1.807) is 0 Å². The van der Waals surface area contributed by atoms with Crippen molar-refractivity contribution in [3.8, 4) is 0 Å². The highest BCUT2D eigenvalue weighted by Crippen LogP contribution is 2.46. The summed E-state index contributed by atoms with van der Waals surface area (Å²) >= 11 is 0.